The van der Waals surface area contributed by atoms with Crippen LogP contribution in [0.4, 0.5) is 0 Å². The van der Waals surface area contributed by atoms with Crippen molar-refractivity contribution < 1.29 is 9.53 Å². The number of aromatic nitrogens is 1. The van der Waals surface area contributed by atoms with Gasteiger partial charge in [-0.15, -0.1) is 0 Å². The number of likely N-dealkylation sites (tertiary alicyclic amines) is 1. The normalized spacial score (nSPS) is 22.1. The Hall–Kier alpha value is -2.19. The molecule has 1 amide bonds. The van der Waals surface area contributed by atoms with Crippen LogP contribution >= 0.6 is 11.6 Å². The Morgan fingerprint density at radius 1 is 1.28 bits per heavy atom. The molecule has 1 aliphatic rings. The zero-order valence-electron chi connectivity index (χ0n) is 20.4. The van der Waals surface area contributed by atoms with E-state index in [9.17, 15) is 10.1 Å². The summed E-state index contributed by atoms with van der Waals surface area (Å²) in [7, 11) is 1.61. The number of hydrogen-bond acceptors (Lipinski definition) is 3. The van der Waals surface area contributed by atoms with Crippen LogP contribution in [-0.4, -0.2) is 35.0 Å². The van der Waals surface area contributed by atoms with Gasteiger partial charge in [0.15, 0.2) is 0 Å². The SMILES string of the molecule is COc1ccc2[nH]cc(C(C)(C)CC(=O)N3C(C)CC(C)CC3CC(C)(C)C#N)c2c1Cl. The standard InChI is InChI=1S/C26H36ClN3O2/c1-16-10-17(2)30(18(11-16)12-25(3,4)15-28)22(31)13-26(5,6)19-14-29-20-8-9-21(32-7)24(27)23(19)20/h8-9,14,16-18,29H,10-13H2,1-7H3. The Balaban J connectivity index is 1.92. The molecule has 0 bridgehead atoms. The number of nitriles is 1. The Labute approximate surface area is 197 Å². The van der Waals surface area contributed by atoms with Crippen molar-refractivity contribution in [2.45, 2.75) is 84.7 Å². The van der Waals surface area contributed by atoms with Crippen molar-refractivity contribution in [3.63, 3.8) is 0 Å². The van der Waals surface area contributed by atoms with E-state index in [0.29, 0.717) is 29.5 Å². The molecular formula is C26H36ClN3O2. The van der Waals surface area contributed by atoms with Gasteiger partial charge < -0.3 is 14.6 Å². The first kappa shape index (κ1) is 24.5. The molecule has 1 aromatic heterocycles. The highest BCUT2D eigenvalue weighted by Gasteiger charge is 2.40. The number of ether oxygens (including phenoxy) is 1. The third-order valence-electron chi connectivity index (χ3n) is 6.91. The number of aromatic amines is 1. The van der Waals surface area contributed by atoms with Gasteiger partial charge in [0.1, 0.15) is 5.75 Å². The molecule has 1 N–H and O–H groups in total. The van der Waals surface area contributed by atoms with Crippen LogP contribution in [0, 0.1) is 22.7 Å². The first-order valence-electron chi connectivity index (χ1n) is 11.5. The van der Waals surface area contributed by atoms with E-state index in [2.05, 4.69) is 43.6 Å². The van der Waals surface area contributed by atoms with Crippen LogP contribution < -0.4 is 4.74 Å². The van der Waals surface area contributed by atoms with Gasteiger partial charge in [-0.3, -0.25) is 4.79 Å². The van der Waals surface area contributed by atoms with Crippen LogP contribution in [0.3, 0.4) is 0 Å². The van der Waals surface area contributed by atoms with Gasteiger partial charge in [-0.2, -0.15) is 5.26 Å². The summed E-state index contributed by atoms with van der Waals surface area (Å²) in [5.74, 6) is 1.31. The fourth-order valence-corrected chi connectivity index (χ4v) is 5.76. The number of nitrogens with zero attached hydrogens (tertiary/aromatic N) is 2. The number of benzene rings is 1. The number of piperidine rings is 1. The summed E-state index contributed by atoms with van der Waals surface area (Å²) in [6, 6.07) is 6.46. The van der Waals surface area contributed by atoms with Gasteiger partial charge in [0.2, 0.25) is 5.91 Å². The molecular weight excluding hydrogens is 422 g/mol. The van der Waals surface area contributed by atoms with E-state index in [1.807, 2.05) is 32.2 Å². The summed E-state index contributed by atoms with van der Waals surface area (Å²) >= 11 is 6.66. The molecule has 1 aliphatic heterocycles. The van der Waals surface area contributed by atoms with Gasteiger partial charge >= 0.3 is 0 Å². The Morgan fingerprint density at radius 3 is 2.59 bits per heavy atom. The second-order valence-corrected chi connectivity index (χ2v) is 11.2. The minimum atomic E-state index is -0.462. The van der Waals surface area contributed by atoms with Crippen molar-refractivity contribution in [3.8, 4) is 11.8 Å². The number of amides is 1. The second kappa shape index (κ2) is 8.98. The molecule has 0 spiro atoms. The molecule has 1 fully saturated rings. The molecule has 174 valence electrons. The highest BCUT2D eigenvalue weighted by molar-refractivity contribution is 6.37. The Morgan fingerprint density at radius 2 is 1.97 bits per heavy atom. The monoisotopic (exact) mass is 457 g/mol. The van der Waals surface area contributed by atoms with E-state index < -0.39 is 10.8 Å². The van der Waals surface area contributed by atoms with Crippen LogP contribution in [0.2, 0.25) is 5.02 Å². The van der Waals surface area contributed by atoms with Crippen molar-refractivity contribution in [1.82, 2.24) is 9.88 Å². The average Bonchev–Trinajstić information content (AvgIpc) is 3.13. The van der Waals surface area contributed by atoms with Crippen molar-refractivity contribution in [3.05, 3.63) is 28.9 Å². The summed E-state index contributed by atoms with van der Waals surface area (Å²) < 4.78 is 5.41. The molecule has 1 aromatic carbocycles. The number of carbonyl (C=O) groups excluding carboxylic acids is 1. The van der Waals surface area contributed by atoms with E-state index in [1.54, 1.807) is 7.11 Å². The second-order valence-electron chi connectivity index (χ2n) is 10.8. The van der Waals surface area contributed by atoms with Crippen LogP contribution in [-0.2, 0) is 10.2 Å². The van der Waals surface area contributed by atoms with E-state index in [0.717, 1.165) is 29.3 Å². The number of nitrogens with one attached hydrogen (secondary N) is 1. The molecule has 5 nitrogen and oxygen atoms in total. The zero-order valence-corrected chi connectivity index (χ0v) is 21.1. The number of fused-ring (bicyclic) bond motifs is 1. The van der Waals surface area contributed by atoms with Gasteiger partial charge in [-0.1, -0.05) is 32.4 Å². The third kappa shape index (κ3) is 4.76. The largest absolute Gasteiger partial charge is 0.495 e. The molecule has 3 atom stereocenters. The first-order chi connectivity index (χ1) is 14.9. The summed E-state index contributed by atoms with van der Waals surface area (Å²) in [5, 5.41) is 11.1. The molecule has 6 heteroatoms. The maximum Gasteiger partial charge on any atom is 0.223 e. The van der Waals surface area contributed by atoms with Gasteiger partial charge in [0.05, 0.1) is 23.6 Å². The minimum absolute atomic E-state index is 0.0818. The predicted octanol–water partition coefficient (Wildman–Crippen LogP) is 6.45. The highest BCUT2D eigenvalue weighted by atomic mass is 35.5. The molecule has 0 aliphatic carbocycles. The lowest BCUT2D eigenvalue weighted by Crippen LogP contribution is -2.53. The summed E-state index contributed by atoms with van der Waals surface area (Å²) in [6.07, 6.45) is 4.96. The number of halogens is 1. The van der Waals surface area contributed by atoms with E-state index in [4.69, 9.17) is 16.3 Å². The summed E-state index contributed by atoms with van der Waals surface area (Å²) in [4.78, 5) is 19.1. The Bertz CT molecular complexity index is 1030. The number of hydrogen-bond donors (Lipinski definition) is 1. The average molecular weight is 458 g/mol. The van der Waals surface area contributed by atoms with Crippen molar-refractivity contribution in [2.24, 2.45) is 11.3 Å². The molecule has 0 saturated carbocycles. The van der Waals surface area contributed by atoms with Crippen molar-refractivity contribution in [2.75, 3.05) is 7.11 Å². The highest BCUT2D eigenvalue weighted by Crippen LogP contribution is 2.42. The van der Waals surface area contributed by atoms with Crippen LogP contribution in [0.25, 0.3) is 10.9 Å². The number of H-pyrrole nitrogens is 1. The predicted molar refractivity (Wildman–Crippen MR) is 130 cm³/mol. The molecule has 0 radical (unpaired) electrons. The van der Waals surface area contributed by atoms with Crippen molar-refractivity contribution >= 4 is 28.4 Å². The van der Waals surface area contributed by atoms with Crippen molar-refractivity contribution in [1.29, 1.82) is 5.26 Å². The van der Waals surface area contributed by atoms with Crippen LogP contribution in [0.5, 0.6) is 5.75 Å². The Kier molecular flexibility index (Phi) is 6.86. The van der Waals surface area contributed by atoms with Gasteiger partial charge in [-0.25, -0.2) is 0 Å². The number of carbonyl (C=O) groups is 1. The maximum absolute atomic E-state index is 13.7. The number of rotatable bonds is 6. The summed E-state index contributed by atoms with van der Waals surface area (Å²) in [6.45, 7) is 12.5. The maximum atomic E-state index is 13.7. The smallest absolute Gasteiger partial charge is 0.223 e. The van der Waals surface area contributed by atoms with Gasteiger partial charge in [0, 0.05) is 41.0 Å². The first-order valence-corrected chi connectivity index (χ1v) is 11.8. The fourth-order valence-electron chi connectivity index (χ4n) is 5.41. The lowest BCUT2D eigenvalue weighted by molar-refractivity contribution is -0.140. The fraction of sp³-hybridized carbons (Fsp3) is 0.615. The lowest BCUT2D eigenvalue weighted by atomic mass is 9.77. The minimum Gasteiger partial charge on any atom is -0.495 e. The summed E-state index contributed by atoms with van der Waals surface area (Å²) in [5.41, 5.74) is 1.05. The van der Waals surface area contributed by atoms with E-state index in [1.165, 1.54) is 0 Å². The number of methoxy groups -OCH3 is 1. The molecule has 3 unspecified atom stereocenters. The van der Waals surface area contributed by atoms with Crippen LogP contribution in [0.1, 0.15) is 72.8 Å². The van der Waals surface area contributed by atoms with E-state index >= 15 is 0 Å². The van der Waals surface area contributed by atoms with E-state index in [-0.39, 0.29) is 18.0 Å². The molecule has 32 heavy (non-hydrogen) atoms. The topological polar surface area (TPSA) is 69.1 Å². The van der Waals surface area contributed by atoms with Crippen LogP contribution in [0.15, 0.2) is 18.3 Å². The molecule has 1 saturated heterocycles. The molecule has 2 heterocycles. The molecule has 3 rings (SSSR count). The zero-order chi connectivity index (χ0) is 23.8. The van der Waals surface area contributed by atoms with Gasteiger partial charge in [0.25, 0.3) is 0 Å². The molecule has 2 aromatic rings. The van der Waals surface area contributed by atoms with Gasteiger partial charge in [-0.05, 0) is 63.6 Å². The lowest BCUT2D eigenvalue weighted by Gasteiger charge is -2.46. The third-order valence-corrected chi connectivity index (χ3v) is 7.29. The quantitative estimate of drug-likeness (QED) is 0.541.